The SMILES string of the molecule is CNCCNCCCOCC1CC1. The zero-order chi connectivity index (χ0) is 9.36. The van der Waals surface area contributed by atoms with Crippen molar-refractivity contribution < 1.29 is 4.74 Å². The van der Waals surface area contributed by atoms with Crippen LogP contribution in [0.2, 0.25) is 0 Å². The monoisotopic (exact) mass is 186 g/mol. The summed E-state index contributed by atoms with van der Waals surface area (Å²) < 4.78 is 5.51. The summed E-state index contributed by atoms with van der Waals surface area (Å²) in [6.45, 7) is 5.09. The Hall–Kier alpha value is -0.120. The van der Waals surface area contributed by atoms with Crippen molar-refractivity contribution in [1.82, 2.24) is 10.6 Å². The fourth-order valence-electron chi connectivity index (χ4n) is 1.17. The van der Waals surface area contributed by atoms with E-state index < -0.39 is 0 Å². The molecule has 0 bridgehead atoms. The zero-order valence-corrected chi connectivity index (χ0v) is 8.64. The van der Waals surface area contributed by atoms with Crippen LogP contribution in [-0.4, -0.2) is 39.9 Å². The van der Waals surface area contributed by atoms with Gasteiger partial charge < -0.3 is 15.4 Å². The fourth-order valence-corrected chi connectivity index (χ4v) is 1.17. The lowest BCUT2D eigenvalue weighted by Gasteiger charge is -2.04. The van der Waals surface area contributed by atoms with E-state index in [4.69, 9.17) is 4.74 Å². The summed E-state index contributed by atoms with van der Waals surface area (Å²) in [7, 11) is 1.97. The predicted molar refractivity (Wildman–Crippen MR) is 55.0 cm³/mol. The van der Waals surface area contributed by atoms with Gasteiger partial charge in [0.25, 0.3) is 0 Å². The Morgan fingerprint density at radius 1 is 1.23 bits per heavy atom. The second kappa shape index (κ2) is 7.30. The number of hydrogen-bond donors (Lipinski definition) is 2. The highest BCUT2D eigenvalue weighted by Gasteiger charge is 2.20. The van der Waals surface area contributed by atoms with Crippen LogP contribution in [0.4, 0.5) is 0 Å². The topological polar surface area (TPSA) is 33.3 Å². The average molecular weight is 186 g/mol. The predicted octanol–water partition coefficient (Wildman–Crippen LogP) is 0.612. The molecule has 0 radical (unpaired) electrons. The number of nitrogens with one attached hydrogen (secondary N) is 2. The molecule has 0 aliphatic heterocycles. The molecule has 1 aliphatic rings. The molecule has 1 fully saturated rings. The van der Waals surface area contributed by atoms with Crippen molar-refractivity contribution in [3.05, 3.63) is 0 Å². The van der Waals surface area contributed by atoms with Crippen molar-refractivity contribution in [2.24, 2.45) is 5.92 Å². The Labute approximate surface area is 81.2 Å². The molecular formula is C10H22N2O. The summed E-state index contributed by atoms with van der Waals surface area (Å²) in [6.07, 6.45) is 3.91. The Kier molecular flexibility index (Phi) is 6.15. The van der Waals surface area contributed by atoms with Crippen molar-refractivity contribution in [3.8, 4) is 0 Å². The first-order valence-electron chi connectivity index (χ1n) is 5.36. The fraction of sp³-hybridized carbons (Fsp3) is 1.00. The first kappa shape index (κ1) is 11.0. The third kappa shape index (κ3) is 6.99. The quantitative estimate of drug-likeness (QED) is 0.518. The number of likely N-dealkylation sites (N-methyl/N-ethyl adjacent to an activating group) is 1. The summed E-state index contributed by atoms with van der Waals surface area (Å²) in [5.74, 6) is 0.900. The highest BCUT2D eigenvalue weighted by atomic mass is 16.5. The molecule has 0 aromatic heterocycles. The van der Waals surface area contributed by atoms with Gasteiger partial charge in [-0.1, -0.05) is 0 Å². The van der Waals surface area contributed by atoms with Crippen molar-refractivity contribution in [3.63, 3.8) is 0 Å². The van der Waals surface area contributed by atoms with E-state index in [2.05, 4.69) is 10.6 Å². The Bertz CT molecular complexity index is 115. The van der Waals surface area contributed by atoms with Crippen LogP contribution in [0.1, 0.15) is 19.3 Å². The Morgan fingerprint density at radius 3 is 2.77 bits per heavy atom. The molecule has 3 nitrogen and oxygen atoms in total. The van der Waals surface area contributed by atoms with Gasteiger partial charge in [-0.3, -0.25) is 0 Å². The largest absolute Gasteiger partial charge is 0.381 e. The zero-order valence-electron chi connectivity index (χ0n) is 8.64. The summed E-state index contributed by atoms with van der Waals surface area (Å²) in [5, 5.41) is 6.45. The lowest BCUT2D eigenvalue weighted by Crippen LogP contribution is -2.26. The Balaban J connectivity index is 1.63. The molecule has 0 aromatic carbocycles. The molecule has 2 N–H and O–H groups in total. The van der Waals surface area contributed by atoms with Gasteiger partial charge in [0, 0.05) is 26.3 Å². The number of rotatable bonds is 9. The van der Waals surface area contributed by atoms with Gasteiger partial charge in [0.05, 0.1) is 0 Å². The van der Waals surface area contributed by atoms with Crippen LogP contribution < -0.4 is 10.6 Å². The van der Waals surface area contributed by atoms with E-state index in [1.165, 1.54) is 12.8 Å². The minimum Gasteiger partial charge on any atom is -0.381 e. The van der Waals surface area contributed by atoms with E-state index in [1.807, 2.05) is 7.05 Å². The molecule has 3 heteroatoms. The van der Waals surface area contributed by atoms with Gasteiger partial charge in [-0.05, 0) is 38.8 Å². The molecule has 0 aromatic rings. The molecule has 0 amide bonds. The number of hydrogen-bond acceptors (Lipinski definition) is 3. The molecular weight excluding hydrogens is 164 g/mol. The third-order valence-corrected chi connectivity index (χ3v) is 2.24. The normalized spacial score (nSPS) is 16.4. The average Bonchev–Trinajstić information content (AvgIpc) is 2.93. The van der Waals surface area contributed by atoms with Crippen molar-refractivity contribution in [2.75, 3.05) is 39.9 Å². The maximum atomic E-state index is 5.51. The van der Waals surface area contributed by atoms with Crippen LogP contribution in [-0.2, 0) is 4.74 Å². The molecule has 1 saturated carbocycles. The molecule has 0 spiro atoms. The molecule has 78 valence electrons. The van der Waals surface area contributed by atoms with Crippen LogP contribution >= 0.6 is 0 Å². The first-order chi connectivity index (χ1) is 6.43. The van der Waals surface area contributed by atoms with Crippen molar-refractivity contribution in [2.45, 2.75) is 19.3 Å². The molecule has 13 heavy (non-hydrogen) atoms. The van der Waals surface area contributed by atoms with E-state index in [0.29, 0.717) is 0 Å². The molecule has 1 aliphatic carbocycles. The van der Waals surface area contributed by atoms with Crippen LogP contribution in [0.3, 0.4) is 0 Å². The van der Waals surface area contributed by atoms with Gasteiger partial charge in [-0.2, -0.15) is 0 Å². The summed E-state index contributed by atoms with van der Waals surface area (Å²) in [6, 6.07) is 0. The van der Waals surface area contributed by atoms with Gasteiger partial charge in [0.1, 0.15) is 0 Å². The van der Waals surface area contributed by atoms with Crippen LogP contribution in [0.15, 0.2) is 0 Å². The summed E-state index contributed by atoms with van der Waals surface area (Å²) in [4.78, 5) is 0. The van der Waals surface area contributed by atoms with Crippen LogP contribution in [0.25, 0.3) is 0 Å². The molecule has 0 heterocycles. The third-order valence-electron chi connectivity index (χ3n) is 2.24. The molecule has 0 unspecified atom stereocenters. The van der Waals surface area contributed by atoms with Crippen LogP contribution in [0, 0.1) is 5.92 Å². The lowest BCUT2D eigenvalue weighted by atomic mass is 10.4. The maximum Gasteiger partial charge on any atom is 0.0494 e. The van der Waals surface area contributed by atoms with E-state index in [0.717, 1.165) is 45.2 Å². The van der Waals surface area contributed by atoms with E-state index in [9.17, 15) is 0 Å². The van der Waals surface area contributed by atoms with Crippen molar-refractivity contribution in [1.29, 1.82) is 0 Å². The standard InChI is InChI=1S/C10H22N2O/c1-11-6-7-12-5-2-8-13-9-10-3-4-10/h10-12H,2-9H2,1H3. The van der Waals surface area contributed by atoms with Gasteiger partial charge in [0.2, 0.25) is 0 Å². The highest BCUT2D eigenvalue weighted by molar-refractivity contribution is 4.71. The first-order valence-corrected chi connectivity index (χ1v) is 5.36. The summed E-state index contributed by atoms with van der Waals surface area (Å²) >= 11 is 0. The van der Waals surface area contributed by atoms with Crippen LogP contribution in [0.5, 0.6) is 0 Å². The number of ether oxygens (including phenoxy) is 1. The second-order valence-corrected chi connectivity index (χ2v) is 3.73. The van der Waals surface area contributed by atoms with Gasteiger partial charge in [0.15, 0.2) is 0 Å². The minimum atomic E-state index is 0.900. The van der Waals surface area contributed by atoms with E-state index >= 15 is 0 Å². The van der Waals surface area contributed by atoms with Gasteiger partial charge in [-0.25, -0.2) is 0 Å². The van der Waals surface area contributed by atoms with Gasteiger partial charge >= 0.3 is 0 Å². The maximum absolute atomic E-state index is 5.51. The molecule has 1 rings (SSSR count). The summed E-state index contributed by atoms with van der Waals surface area (Å²) in [5.41, 5.74) is 0. The lowest BCUT2D eigenvalue weighted by molar-refractivity contribution is 0.122. The smallest absolute Gasteiger partial charge is 0.0494 e. The highest BCUT2D eigenvalue weighted by Crippen LogP contribution is 2.28. The second-order valence-electron chi connectivity index (χ2n) is 3.73. The molecule has 0 saturated heterocycles. The van der Waals surface area contributed by atoms with E-state index in [1.54, 1.807) is 0 Å². The van der Waals surface area contributed by atoms with Crippen molar-refractivity contribution >= 4 is 0 Å². The molecule has 0 atom stereocenters. The minimum absolute atomic E-state index is 0.900. The van der Waals surface area contributed by atoms with Gasteiger partial charge in [-0.15, -0.1) is 0 Å². The van der Waals surface area contributed by atoms with E-state index in [-0.39, 0.29) is 0 Å². The Morgan fingerprint density at radius 2 is 2.08 bits per heavy atom.